The summed E-state index contributed by atoms with van der Waals surface area (Å²) in [6, 6.07) is 68.8. The van der Waals surface area contributed by atoms with Gasteiger partial charge >= 0.3 is 0 Å². The van der Waals surface area contributed by atoms with E-state index in [0.29, 0.717) is 0 Å². The van der Waals surface area contributed by atoms with E-state index in [1.54, 1.807) is 0 Å². The minimum atomic E-state index is -0.325. The van der Waals surface area contributed by atoms with Gasteiger partial charge in [0.15, 0.2) is 5.58 Å². The van der Waals surface area contributed by atoms with Gasteiger partial charge in [0.25, 0.3) is 0 Å². The lowest BCUT2D eigenvalue weighted by molar-refractivity contribution is 0.669. The van der Waals surface area contributed by atoms with E-state index in [0.717, 1.165) is 39.0 Å². The lowest BCUT2D eigenvalue weighted by Gasteiger charge is -2.31. The summed E-state index contributed by atoms with van der Waals surface area (Å²) in [5, 5.41) is 2.23. The van der Waals surface area contributed by atoms with Crippen LogP contribution in [0.15, 0.2) is 192 Å². The Morgan fingerprint density at radius 3 is 1.63 bits per heavy atom. The minimum absolute atomic E-state index is 0.272. The molecule has 9 aromatic rings. The zero-order valence-corrected chi connectivity index (χ0v) is 30.3. The van der Waals surface area contributed by atoms with Gasteiger partial charge in [-0.3, -0.25) is 0 Å². The van der Waals surface area contributed by atoms with E-state index in [9.17, 15) is 0 Å². The number of rotatable bonds is 5. The summed E-state index contributed by atoms with van der Waals surface area (Å²) in [6.45, 7) is 4.76. The summed E-state index contributed by atoms with van der Waals surface area (Å²) >= 11 is 0. The van der Waals surface area contributed by atoms with E-state index in [-0.39, 0.29) is 10.8 Å². The van der Waals surface area contributed by atoms with Gasteiger partial charge in [-0.1, -0.05) is 152 Å². The monoisotopic (exact) mass is 691 g/mol. The van der Waals surface area contributed by atoms with E-state index in [4.69, 9.17) is 4.42 Å². The highest BCUT2D eigenvalue weighted by Crippen LogP contribution is 2.56. The van der Waals surface area contributed by atoms with Crippen LogP contribution in [-0.2, 0) is 10.8 Å². The molecule has 256 valence electrons. The van der Waals surface area contributed by atoms with Crippen LogP contribution in [0.4, 0.5) is 17.1 Å². The predicted octanol–water partition coefficient (Wildman–Crippen LogP) is 13.7. The van der Waals surface area contributed by atoms with Crippen molar-refractivity contribution in [1.82, 2.24) is 0 Å². The highest BCUT2D eigenvalue weighted by molar-refractivity contribution is 6.10. The second-order valence-electron chi connectivity index (χ2n) is 15.1. The maximum absolute atomic E-state index is 6.76. The largest absolute Gasteiger partial charge is 0.454 e. The Hall–Kier alpha value is -6.64. The molecule has 11 rings (SSSR count). The van der Waals surface area contributed by atoms with Gasteiger partial charge in [-0.2, -0.15) is 0 Å². The average molecular weight is 692 g/mol. The number of para-hydroxylation sites is 2. The first-order chi connectivity index (χ1) is 26.5. The molecule has 2 aliphatic rings. The lowest BCUT2D eigenvalue weighted by Crippen LogP contribution is -2.23. The molecule has 0 N–H and O–H groups in total. The van der Waals surface area contributed by atoms with Crippen molar-refractivity contribution >= 4 is 39.0 Å². The van der Waals surface area contributed by atoms with Crippen molar-refractivity contribution in [1.29, 1.82) is 0 Å². The molecular formula is C52H37NO. The number of anilines is 3. The van der Waals surface area contributed by atoms with Gasteiger partial charge in [-0.05, 0) is 106 Å². The van der Waals surface area contributed by atoms with E-state index >= 15 is 0 Å². The van der Waals surface area contributed by atoms with Crippen LogP contribution in [0.3, 0.4) is 0 Å². The molecule has 8 aromatic carbocycles. The fourth-order valence-electron chi connectivity index (χ4n) is 9.75. The van der Waals surface area contributed by atoms with Crippen molar-refractivity contribution in [2.75, 3.05) is 4.90 Å². The molecule has 0 fully saturated rings. The number of furan rings is 1. The first kappa shape index (κ1) is 30.9. The maximum Gasteiger partial charge on any atom is 0.159 e. The molecule has 1 aromatic heterocycles. The number of hydrogen-bond donors (Lipinski definition) is 0. The van der Waals surface area contributed by atoms with Gasteiger partial charge in [-0.15, -0.1) is 0 Å². The Balaban J connectivity index is 1.18. The summed E-state index contributed by atoms with van der Waals surface area (Å²) in [7, 11) is 0. The zero-order valence-electron chi connectivity index (χ0n) is 30.3. The molecule has 0 saturated heterocycles. The van der Waals surface area contributed by atoms with Crippen LogP contribution in [0, 0.1) is 0 Å². The minimum Gasteiger partial charge on any atom is -0.454 e. The molecule has 0 saturated carbocycles. The number of hydrogen-bond acceptors (Lipinski definition) is 2. The van der Waals surface area contributed by atoms with Crippen LogP contribution in [-0.4, -0.2) is 0 Å². The Kier molecular flexibility index (Phi) is 6.55. The van der Waals surface area contributed by atoms with Crippen molar-refractivity contribution < 1.29 is 4.42 Å². The third-order valence-corrected chi connectivity index (χ3v) is 12.4. The van der Waals surface area contributed by atoms with Gasteiger partial charge < -0.3 is 9.32 Å². The Bertz CT molecular complexity index is 2920. The second kappa shape index (κ2) is 11.4. The van der Waals surface area contributed by atoms with Crippen LogP contribution >= 0.6 is 0 Å². The Morgan fingerprint density at radius 2 is 0.907 bits per heavy atom. The molecule has 2 heteroatoms. The van der Waals surface area contributed by atoms with Crippen LogP contribution < -0.4 is 4.90 Å². The van der Waals surface area contributed by atoms with Crippen LogP contribution in [0.2, 0.25) is 0 Å². The van der Waals surface area contributed by atoms with E-state index < -0.39 is 0 Å². The van der Waals surface area contributed by atoms with Crippen LogP contribution in [0.5, 0.6) is 0 Å². The van der Waals surface area contributed by atoms with Gasteiger partial charge in [0, 0.05) is 33.0 Å². The SMILES string of the molecule is CC1(c2ccccc2)c2ccccc2-c2cc(N(c3ccc4c(c3)C(C)(c3ccccc3)c3ccccc3-4)c3cccc4c3oc3ccccc34)ccc21. The molecule has 54 heavy (non-hydrogen) atoms. The maximum atomic E-state index is 6.76. The third kappa shape index (κ3) is 4.17. The first-order valence-electron chi connectivity index (χ1n) is 18.9. The molecule has 0 spiro atoms. The molecule has 2 nitrogen and oxygen atoms in total. The normalized spacial score (nSPS) is 18.0. The molecule has 0 amide bonds. The van der Waals surface area contributed by atoms with Crippen molar-refractivity contribution in [2.45, 2.75) is 24.7 Å². The van der Waals surface area contributed by atoms with Gasteiger partial charge in [0.05, 0.1) is 5.69 Å². The van der Waals surface area contributed by atoms with Crippen molar-refractivity contribution in [3.63, 3.8) is 0 Å². The van der Waals surface area contributed by atoms with Gasteiger partial charge in [0.1, 0.15) is 5.58 Å². The van der Waals surface area contributed by atoms with Crippen molar-refractivity contribution in [3.8, 4) is 22.3 Å². The fraction of sp³-hybridized carbons (Fsp3) is 0.0769. The van der Waals surface area contributed by atoms with E-state index in [1.165, 1.54) is 55.6 Å². The zero-order chi connectivity index (χ0) is 36.0. The second-order valence-corrected chi connectivity index (χ2v) is 15.1. The third-order valence-electron chi connectivity index (χ3n) is 12.4. The number of benzene rings is 8. The summed E-state index contributed by atoms with van der Waals surface area (Å²) < 4.78 is 6.76. The number of fused-ring (bicyclic) bond motifs is 9. The molecular weight excluding hydrogens is 655 g/mol. The summed E-state index contributed by atoms with van der Waals surface area (Å²) in [5.41, 5.74) is 17.4. The summed E-state index contributed by atoms with van der Waals surface area (Å²) in [5.74, 6) is 0. The fourth-order valence-corrected chi connectivity index (χ4v) is 9.75. The molecule has 0 radical (unpaired) electrons. The van der Waals surface area contributed by atoms with Crippen LogP contribution in [0.25, 0.3) is 44.2 Å². The standard InChI is InChI=1S/C52H37NO/c1-51(34-16-5-3-6-17-34)45-25-13-10-21-39(45)43-32-36(29-31-46(43)51)53(48-26-15-23-42-41-22-11-14-27-49(41)54-50(42)48)37-28-30-40-38-20-9-12-24-44(38)52(2,47(40)33-37)35-18-7-4-8-19-35/h3-33H,1-2H3. The predicted molar refractivity (Wildman–Crippen MR) is 223 cm³/mol. The summed E-state index contributed by atoms with van der Waals surface area (Å²) in [4.78, 5) is 2.42. The molecule has 2 atom stereocenters. The molecule has 2 unspecified atom stereocenters. The Morgan fingerprint density at radius 1 is 0.389 bits per heavy atom. The van der Waals surface area contributed by atoms with Crippen LogP contribution in [0.1, 0.15) is 47.2 Å². The highest BCUT2D eigenvalue weighted by atomic mass is 16.3. The van der Waals surface area contributed by atoms with E-state index in [2.05, 4.69) is 201 Å². The van der Waals surface area contributed by atoms with Crippen molar-refractivity contribution in [2.24, 2.45) is 0 Å². The number of nitrogens with zero attached hydrogens (tertiary/aromatic N) is 1. The first-order valence-corrected chi connectivity index (χ1v) is 18.9. The topological polar surface area (TPSA) is 16.4 Å². The summed E-state index contributed by atoms with van der Waals surface area (Å²) in [6.07, 6.45) is 0. The average Bonchev–Trinajstić information content (AvgIpc) is 3.84. The lowest BCUT2D eigenvalue weighted by atomic mass is 9.74. The smallest absolute Gasteiger partial charge is 0.159 e. The molecule has 1 heterocycles. The molecule has 0 aliphatic heterocycles. The van der Waals surface area contributed by atoms with Gasteiger partial charge in [0.2, 0.25) is 0 Å². The highest BCUT2D eigenvalue weighted by Gasteiger charge is 2.43. The van der Waals surface area contributed by atoms with E-state index in [1.807, 2.05) is 6.07 Å². The Labute approximate surface area is 315 Å². The quantitative estimate of drug-likeness (QED) is 0.179. The molecule has 2 aliphatic carbocycles. The molecule has 0 bridgehead atoms. The van der Waals surface area contributed by atoms with Gasteiger partial charge in [-0.25, -0.2) is 0 Å². The van der Waals surface area contributed by atoms with Crippen molar-refractivity contribution in [3.05, 3.63) is 221 Å².